The van der Waals surface area contributed by atoms with E-state index >= 15 is 0 Å². The van der Waals surface area contributed by atoms with Gasteiger partial charge in [0.1, 0.15) is 6.10 Å². The van der Waals surface area contributed by atoms with Gasteiger partial charge >= 0.3 is 0 Å². The second-order valence-electron chi connectivity index (χ2n) is 3.65. The molecule has 1 aromatic heterocycles. The molecule has 0 radical (unpaired) electrons. The van der Waals surface area contributed by atoms with Gasteiger partial charge in [0.2, 0.25) is 0 Å². The summed E-state index contributed by atoms with van der Waals surface area (Å²) in [7, 11) is 0. The van der Waals surface area contributed by atoms with Crippen LogP contribution in [0.3, 0.4) is 0 Å². The van der Waals surface area contributed by atoms with E-state index in [1.54, 1.807) is 11.3 Å². The molecule has 1 atom stereocenters. The van der Waals surface area contributed by atoms with Gasteiger partial charge in [0.05, 0.1) is 9.90 Å². The van der Waals surface area contributed by atoms with Gasteiger partial charge in [-0.15, -0.1) is 11.3 Å². The zero-order valence-electron chi connectivity index (χ0n) is 8.88. The molecule has 0 fully saturated rings. The molecule has 0 bridgehead atoms. The maximum absolute atomic E-state index is 10.3. The number of aryl methyl sites for hydroxylation is 1. The average Bonchev–Trinajstić information content (AvgIpc) is 2.61. The first-order chi connectivity index (χ1) is 7.99. The molecule has 90 valence electrons. The van der Waals surface area contributed by atoms with Crippen molar-refractivity contribution in [3.05, 3.63) is 52.6 Å². The molecule has 0 saturated carbocycles. The molecule has 0 aliphatic heterocycles. The van der Waals surface area contributed by atoms with Crippen molar-refractivity contribution in [2.45, 2.75) is 13.0 Å². The van der Waals surface area contributed by atoms with Gasteiger partial charge in [-0.3, -0.25) is 0 Å². The topological polar surface area (TPSA) is 20.2 Å². The van der Waals surface area contributed by atoms with Crippen molar-refractivity contribution in [2.24, 2.45) is 0 Å². The molecular formula is C12H9BrClIOS. The standard InChI is InChI=1S/C12H9BrClIOS/c1-6-4-8(13)12(17-6)11(16)7-2-3-10(15)9(14)5-7/h2-5,11,16H,1H3. The Balaban J connectivity index is 2.40. The van der Waals surface area contributed by atoms with Crippen molar-refractivity contribution < 1.29 is 5.11 Å². The highest BCUT2D eigenvalue weighted by Gasteiger charge is 2.17. The summed E-state index contributed by atoms with van der Waals surface area (Å²) in [5.74, 6) is 0. The van der Waals surface area contributed by atoms with E-state index in [0.29, 0.717) is 5.02 Å². The molecule has 0 amide bonds. The molecule has 0 saturated heterocycles. The molecule has 17 heavy (non-hydrogen) atoms. The minimum atomic E-state index is -0.627. The summed E-state index contributed by atoms with van der Waals surface area (Å²) in [6.45, 7) is 2.02. The Hall–Kier alpha value is 0.380. The number of rotatable bonds is 2. The minimum absolute atomic E-state index is 0.627. The highest BCUT2D eigenvalue weighted by molar-refractivity contribution is 14.1. The molecular weight excluding hydrogens is 434 g/mol. The predicted molar refractivity (Wildman–Crippen MR) is 85.0 cm³/mol. The third kappa shape index (κ3) is 3.04. The Kier molecular flexibility index (Phi) is 4.52. The van der Waals surface area contributed by atoms with Crippen LogP contribution in [0.2, 0.25) is 5.02 Å². The normalized spacial score (nSPS) is 12.8. The summed E-state index contributed by atoms with van der Waals surface area (Å²) in [6.07, 6.45) is -0.627. The lowest BCUT2D eigenvalue weighted by molar-refractivity contribution is 0.223. The van der Waals surface area contributed by atoms with Gasteiger partial charge in [-0.05, 0) is 69.2 Å². The summed E-state index contributed by atoms with van der Waals surface area (Å²) < 4.78 is 1.93. The third-order valence-corrected chi connectivity index (χ3v) is 5.94. The van der Waals surface area contributed by atoms with Gasteiger partial charge in [-0.1, -0.05) is 17.7 Å². The van der Waals surface area contributed by atoms with Crippen molar-refractivity contribution in [2.75, 3.05) is 0 Å². The Labute approximate surface area is 131 Å². The fraction of sp³-hybridized carbons (Fsp3) is 0.167. The van der Waals surface area contributed by atoms with Crippen LogP contribution in [0.15, 0.2) is 28.7 Å². The summed E-state index contributed by atoms with van der Waals surface area (Å²) in [6, 6.07) is 7.64. The average molecular weight is 444 g/mol. The molecule has 1 aromatic carbocycles. The van der Waals surface area contributed by atoms with Crippen LogP contribution in [0.4, 0.5) is 0 Å². The van der Waals surface area contributed by atoms with Crippen LogP contribution in [-0.4, -0.2) is 5.11 Å². The van der Waals surface area contributed by atoms with E-state index in [4.69, 9.17) is 11.6 Å². The van der Waals surface area contributed by atoms with Crippen molar-refractivity contribution in [1.82, 2.24) is 0 Å². The highest BCUT2D eigenvalue weighted by atomic mass is 127. The molecule has 2 rings (SSSR count). The van der Waals surface area contributed by atoms with Crippen molar-refractivity contribution in [3.63, 3.8) is 0 Å². The van der Waals surface area contributed by atoms with E-state index in [0.717, 1.165) is 18.5 Å². The smallest absolute Gasteiger partial charge is 0.114 e. The zero-order valence-corrected chi connectivity index (χ0v) is 14.2. The fourth-order valence-electron chi connectivity index (χ4n) is 1.52. The van der Waals surface area contributed by atoms with Crippen LogP contribution in [0.1, 0.15) is 21.4 Å². The maximum Gasteiger partial charge on any atom is 0.114 e. The minimum Gasteiger partial charge on any atom is -0.383 e. The summed E-state index contributed by atoms with van der Waals surface area (Å²) >= 11 is 13.3. The second-order valence-corrected chi connectivity index (χ2v) is 7.36. The lowest BCUT2D eigenvalue weighted by Gasteiger charge is -2.10. The first-order valence-electron chi connectivity index (χ1n) is 4.88. The second kappa shape index (κ2) is 5.57. The Morgan fingerprint density at radius 3 is 2.65 bits per heavy atom. The number of hydrogen-bond acceptors (Lipinski definition) is 2. The predicted octanol–water partition coefficient (Wildman–Crippen LogP) is 5.16. The molecule has 5 heteroatoms. The first-order valence-corrected chi connectivity index (χ1v) is 7.94. The summed E-state index contributed by atoms with van der Waals surface area (Å²) in [4.78, 5) is 2.09. The molecule has 1 N–H and O–H groups in total. The van der Waals surface area contributed by atoms with Gasteiger partial charge in [0.15, 0.2) is 0 Å². The van der Waals surface area contributed by atoms with Gasteiger partial charge in [-0.25, -0.2) is 0 Å². The van der Waals surface area contributed by atoms with Crippen LogP contribution in [0.25, 0.3) is 0 Å². The van der Waals surface area contributed by atoms with Crippen LogP contribution < -0.4 is 0 Å². The van der Waals surface area contributed by atoms with Crippen LogP contribution in [0.5, 0.6) is 0 Å². The van der Waals surface area contributed by atoms with E-state index in [9.17, 15) is 5.11 Å². The SMILES string of the molecule is Cc1cc(Br)c(C(O)c2ccc(I)c(Cl)c2)s1. The zero-order chi connectivity index (χ0) is 12.6. The Morgan fingerprint density at radius 2 is 2.12 bits per heavy atom. The van der Waals surface area contributed by atoms with E-state index in [-0.39, 0.29) is 0 Å². The highest BCUT2D eigenvalue weighted by Crippen LogP contribution is 2.36. The van der Waals surface area contributed by atoms with Gasteiger partial charge in [-0.2, -0.15) is 0 Å². The van der Waals surface area contributed by atoms with Gasteiger partial charge < -0.3 is 5.11 Å². The molecule has 1 heterocycles. The van der Waals surface area contributed by atoms with Gasteiger partial charge in [0, 0.05) is 12.9 Å². The van der Waals surface area contributed by atoms with E-state index in [2.05, 4.69) is 38.5 Å². The number of thiophene rings is 1. The molecule has 0 aliphatic carbocycles. The van der Waals surface area contributed by atoms with Crippen LogP contribution >= 0.6 is 61.5 Å². The van der Waals surface area contributed by atoms with E-state index < -0.39 is 6.10 Å². The van der Waals surface area contributed by atoms with Gasteiger partial charge in [0.25, 0.3) is 0 Å². The number of benzene rings is 1. The quantitative estimate of drug-likeness (QED) is 0.636. The monoisotopic (exact) mass is 442 g/mol. The van der Waals surface area contributed by atoms with Crippen molar-refractivity contribution >= 4 is 61.5 Å². The molecule has 1 nitrogen and oxygen atoms in total. The maximum atomic E-state index is 10.3. The fourth-order valence-corrected chi connectivity index (χ4v) is 3.93. The van der Waals surface area contributed by atoms with Crippen molar-refractivity contribution in [1.29, 1.82) is 0 Å². The lowest BCUT2D eigenvalue weighted by atomic mass is 10.1. The van der Waals surface area contributed by atoms with Crippen LogP contribution in [0, 0.1) is 10.5 Å². The first kappa shape index (κ1) is 13.8. The van der Waals surface area contributed by atoms with Crippen molar-refractivity contribution in [3.8, 4) is 0 Å². The summed E-state index contributed by atoms with van der Waals surface area (Å²) in [5.41, 5.74) is 0.818. The number of halogens is 3. The number of aliphatic hydroxyl groups is 1. The van der Waals surface area contributed by atoms with Crippen LogP contribution in [-0.2, 0) is 0 Å². The van der Waals surface area contributed by atoms with E-state index in [1.165, 1.54) is 4.88 Å². The summed E-state index contributed by atoms with van der Waals surface area (Å²) in [5, 5.41) is 11.0. The molecule has 0 spiro atoms. The molecule has 1 unspecified atom stereocenters. The number of hydrogen-bond donors (Lipinski definition) is 1. The molecule has 0 aliphatic rings. The van der Waals surface area contributed by atoms with E-state index in [1.807, 2.05) is 31.2 Å². The third-order valence-electron chi connectivity index (χ3n) is 2.34. The number of aliphatic hydroxyl groups excluding tert-OH is 1. The lowest BCUT2D eigenvalue weighted by Crippen LogP contribution is -1.98. The Morgan fingerprint density at radius 1 is 1.41 bits per heavy atom. The largest absolute Gasteiger partial charge is 0.383 e. The Bertz CT molecular complexity index is 555. The molecule has 2 aromatic rings.